The molecule has 2 aliphatic rings. The van der Waals surface area contributed by atoms with Gasteiger partial charge in [0.05, 0.1) is 34.7 Å². The van der Waals surface area contributed by atoms with E-state index in [9.17, 15) is 23.5 Å². The second-order valence-corrected chi connectivity index (χ2v) is 13.3. The number of carbonyl (C=O) groups is 2. The highest BCUT2D eigenvalue weighted by Crippen LogP contribution is 2.37. The van der Waals surface area contributed by atoms with E-state index in [2.05, 4.69) is 29.2 Å². The number of hydrogen-bond donors (Lipinski definition) is 3. The molecule has 2 aromatic heterocycles. The maximum Gasteiger partial charge on any atom is 0.250 e. The molecule has 0 saturated carbocycles. The lowest BCUT2D eigenvalue weighted by Crippen LogP contribution is -2.48. The minimum atomic E-state index is -1.70. The van der Waals surface area contributed by atoms with Crippen LogP contribution >= 0.6 is 0 Å². The lowest BCUT2D eigenvalue weighted by Gasteiger charge is -2.39. The molecule has 0 spiro atoms. The summed E-state index contributed by atoms with van der Waals surface area (Å²) in [4.78, 5) is 31.3. The Morgan fingerprint density at radius 3 is 2.57 bits per heavy atom. The minimum absolute atomic E-state index is 0.0197. The van der Waals surface area contributed by atoms with Gasteiger partial charge in [-0.2, -0.15) is 10.2 Å². The number of aromatic nitrogens is 5. The van der Waals surface area contributed by atoms with Crippen LogP contribution in [-0.2, 0) is 18.6 Å². The summed E-state index contributed by atoms with van der Waals surface area (Å²) in [6.07, 6.45) is 5.25. The zero-order chi connectivity index (χ0) is 32.8. The van der Waals surface area contributed by atoms with Crippen LogP contribution in [0.4, 0.5) is 14.5 Å². The summed E-state index contributed by atoms with van der Waals surface area (Å²) in [7, 11) is 0. The molecule has 242 valence electrons. The summed E-state index contributed by atoms with van der Waals surface area (Å²) in [6, 6.07) is 8.45. The number of halogens is 2. The van der Waals surface area contributed by atoms with Gasteiger partial charge < -0.3 is 16.2 Å². The Kier molecular flexibility index (Phi) is 8.23. The summed E-state index contributed by atoms with van der Waals surface area (Å²) < 4.78 is 31.8. The summed E-state index contributed by atoms with van der Waals surface area (Å²) >= 11 is 0. The Balaban J connectivity index is 1.20. The van der Waals surface area contributed by atoms with Crippen LogP contribution < -0.4 is 11.1 Å². The number of fused-ring (bicyclic) bond motifs is 1. The first kappa shape index (κ1) is 31.5. The number of nitrogens with one attached hydrogen (secondary N) is 1. The smallest absolute Gasteiger partial charge is 0.250 e. The number of piperidine rings is 1. The predicted molar refractivity (Wildman–Crippen MR) is 167 cm³/mol. The molecule has 0 bridgehead atoms. The second kappa shape index (κ2) is 12.0. The Morgan fingerprint density at radius 2 is 1.89 bits per heavy atom. The lowest BCUT2D eigenvalue weighted by atomic mass is 9.75. The molecule has 4 aromatic rings. The maximum absolute atomic E-state index is 14.9. The molecule has 1 aliphatic carbocycles. The second-order valence-electron chi connectivity index (χ2n) is 13.3. The van der Waals surface area contributed by atoms with Crippen LogP contribution in [0.25, 0.3) is 5.69 Å². The van der Waals surface area contributed by atoms with E-state index >= 15 is 0 Å². The first-order chi connectivity index (χ1) is 21.8. The fourth-order valence-electron chi connectivity index (χ4n) is 6.85. The van der Waals surface area contributed by atoms with Gasteiger partial charge in [-0.25, -0.2) is 23.1 Å². The Morgan fingerprint density at radius 1 is 1.13 bits per heavy atom. The number of anilines is 1. The van der Waals surface area contributed by atoms with Gasteiger partial charge in [0.15, 0.2) is 5.78 Å². The average molecular weight is 633 g/mol. The van der Waals surface area contributed by atoms with E-state index in [1.807, 2.05) is 17.9 Å². The van der Waals surface area contributed by atoms with Crippen LogP contribution in [0.2, 0.25) is 0 Å². The van der Waals surface area contributed by atoms with Crippen molar-refractivity contribution >= 4 is 17.4 Å². The van der Waals surface area contributed by atoms with E-state index in [1.54, 1.807) is 16.8 Å². The number of aryl methyl sites for hydroxylation is 1. The quantitative estimate of drug-likeness (QED) is 0.253. The Bertz CT molecular complexity index is 1780. The van der Waals surface area contributed by atoms with Crippen molar-refractivity contribution in [1.29, 1.82) is 0 Å². The summed E-state index contributed by atoms with van der Waals surface area (Å²) in [5, 5.41) is 24.0. The number of benzene rings is 2. The van der Waals surface area contributed by atoms with Crippen molar-refractivity contribution in [3.8, 4) is 5.69 Å². The number of nitrogens with two attached hydrogens (primary N) is 1. The molecular formula is C33H38F2N8O3. The zero-order valence-corrected chi connectivity index (χ0v) is 26.1. The minimum Gasteiger partial charge on any atom is -0.382 e. The molecule has 4 N–H and O–H groups in total. The number of rotatable bonds is 9. The normalized spacial score (nSPS) is 18.3. The third kappa shape index (κ3) is 6.29. The third-order valence-corrected chi connectivity index (χ3v) is 8.99. The monoisotopic (exact) mass is 632 g/mol. The van der Waals surface area contributed by atoms with Crippen molar-refractivity contribution in [2.75, 3.05) is 25.0 Å². The van der Waals surface area contributed by atoms with Gasteiger partial charge in [0, 0.05) is 49.4 Å². The average Bonchev–Trinajstić information content (AvgIpc) is 3.60. The van der Waals surface area contributed by atoms with Gasteiger partial charge in [0.1, 0.15) is 29.9 Å². The van der Waals surface area contributed by atoms with E-state index in [1.165, 1.54) is 23.4 Å². The van der Waals surface area contributed by atoms with Gasteiger partial charge in [-0.3, -0.25) is 14.5 Å². The number of hydrogen-bond acceptors (Lipinski definition) is 8. The number of likely N-dealkylation sites (tertiary alicyclic amines) is 1. The molecule has 3 heterocycles. The fraction of sp³-hybridized carbons (Fsp3) is 0.424. The van der Waals surface area contributed by atoms with Crippen LogP contribution in [0.15, 0.2) is 49.1 Å². The number of β-amino-alcohol motifs (C(OH)–C–C–N with tert-alkyl or cyclic N) is 1. The summed E-state index contributed by atoms with van der Waals surface area (Å²) in [6.45, 7) is 7.13. The molecular weight excluding hydrogens is 594 g/mol. The molecule has 0 radical (unpaired) electrons. The van der Waals surface area contributed by atoms with Crippen molar-refractivity contribution in [3.63, 3.8) is 0 Å². The SMILES string of the molecule is Cc1nn(-c2ccc(C(N)=O)c(NC3CCN(C[C@@](O)(Cn4cncn4)c4ccc(F)cc4F)CC3)c2)c2c1C(=O)CC(C)(C)C2. The predicted octanol–water partition coefficient (Wildman–Crippen LogP) is 3.77. The van der Waals surface area contributed by atoms with Crippen molar-refractivity contribution in [2.24, 2.45) is 11.1 Å². The molecule has 0 unspecified atom stereocenters. The fourth-order valence-corrected chi connectivity index (χ4v) is 6.85. The molecule has 46 heavy (non-hydrogen) atoms. The molecule has 6 rings (SSSR count). The van der Waals surface area contributed by atoms with Gasteiger partial charge in [-0.05, 0) is 55.9 Å². The molecule has 2 aromatic carbocycles. The van der Waals surface area contributed by atoms with Gasteiger partial charge in [0.2, 0.25) is 0 Å². The van der Waals surface area contributed by atoms with E-state index < -0.39 is 23.1 Å². The van der Waals surface area contributed by atoms with Crippen LogP contribution in [0.5, 0.6) is 0 Å². The van der Waals surface area contributed by atoms with Crippen molar-refractivity contribution in [1.82, 2.24) is 29.4 Å². The molecule has 11 nitrogen and oxygen atoms in total. The topological polar surface area (TPSA) is 144 Å². The van der Waals surface area contributed by atoms with E-state index in [-0.39, 0.29) is 35.9 Å². The largest absolute Gasteiger partial charge is 0.382 e. The van der Waals surface area contributed by atoms with Crippen LogP contribution in [0, 0.1) is 24.0 Å². The van der Waals surface area contributed by atoms with E-state index in [4.69, 9.17) is 10.8 Å². The molecule has 1 atom stereocenters. The van der Waals surface area contributed by atoms with Gasteiger partial charge in [-0.15, -0.1) is 0 Å². The van der Waals surface area contributed by atoms with E-state index in [0.29, 0.717) is 61.3 Å². The number of ketones is 1. The number of nitrogens with zero attached hydrogens (tertiary/aromatic N) is 6. The van der Waals surface area contributed by atoms with Crippen molar-refractivity contribution in [3.05, 3.63) is 88.8 Å². The number of amides is 1. The first-order valence-corrected chi connectivity index (χ1v) is 15.4. The third-order valence-electron chi connectivity index (χ3n) is 8.99. The summed E-state index contributed by atoms with van der Waals surface area (Å²) in [5.41, 5.74) is 7.69. The van der Waals surface area contributed by atoms with Gasteiger partial charge in [-0.1, -0.05) is 19.9 Å². The maximum atomic E-state index is 14.9. The first-order valence-electron chi connectivity index (χ1n) is 15.4. The molecule has 1 amide bonds. The lowest BCUT2D eigenvalue weighted by molar-refractivity contribution is -0.0260. The summed E-state index contributed by atoms with van der Waals surface area (Å²) in [5.74, 6) is -2.04. The zero-order valence-electron chi connectivity index (χ0n) is 26.1. The number of aliphatic hydroxyl groups is 1. The Labute approximate surface area is 265 Å². The molecule has 1 aliphatic heterocycles. The number of carbonyl (C=O) groups excluding carboxylic acids is 2. The van der Waals surface area contributed by atoms with Crippen LogP contribution in [0.3, 0.4) is 0 Å². The highest BCUT2D eigenvalue weighted by Gasteiger charge is 2.38. The highest BCUT2D eigenvalue weighted by molar-refractivity contribution is 6.00. The number of Topliss-reactive ketones (excluding diaryl/α,β-unsaturated/α-hetero) is 1. The standard InChI is InChI=1S/C33H38F2N8O3/c1-20-30-28(14-32(2,3)15-29(30)44)43(40-20)23-5-6-24(31(36)45)27(13-23)39-22-8-10-41(11-9-22)16-33(46,17-42-19-37-18-38-42)25-7-4-21(34)12-26(25)35/h4-7,12-13,18-19,22,39,46H,8-11,14-17H2,1-3H3,(H2,36,45)/t33-/m1/s1. The Hall–Kier alpha value is -4.49. The highest BCUT2D eigenvalue weighted by atomic mass is 19.1. The van der Waals surface area contributed by atoms with Crippen molar-refractivity contribution < 1.29 is 23.5 Å². The van der Waals surface area contributed by atoms with Crippen LogP contribution in [0.1, 0.15) is 70.8 Å². The van der Waals surface area contributed by atoms with Gasteiger partial charge >= 0.3 is 0 Å². The number of primary amides is 1. The van der Waals surface area contributed by atoms with Crippen LogP contribution in [-0.4, -0.2) is 71.9 Å². The van der Waals surface area contributed by atoms with Gasteiger partial charge in [0.25, 0.3) is 5.91 Å². The van der Waals surface area contributed by atoms with E-state index in [0.717, 1.165) is 23.5 Å². The molecule has 13 heteroatoms. The molecule has 1 saturated heterocycles. The molecule has 1 fully saturated rings. The van der Waals surface area contributed by atoms with Crippen molar-refractivity contribution in [2.45, 2.75) is 64.6 Å².